The SMILES string of the molecule is CN(CC(O)CN1CCOCC1)C(=O)c1ccc2c(c1)CCCC2. The lowest BCUT2D eigenvalue weighted by Gasteiger charge is -2.30. The highest BCUT2D eigenvalue weighted by Crippen LogP contribution is 2.22. The summed E-state index contributed by atoms with van der Waals surface area (Å²) in [6, 6.07) is 6.07. The largest absolute Gasteiger partial charge is 0.390 e. The summed E-state index contributed by atoms with van der Waals surface area (Å²) in [4.78, 5) is 16.5. The van der Waals surface area contributed by atoms with Crippen molar-refractivity contribution >= 4 is 5.91 Å². The number of hydrogen-bond donors (Lipinski definition) is 1. The number of morpholine rings is 1. The molecule has 5 nitrogen and oxygen atoms in total. The van der Waals surface area contributed by atoms with Gasteiger partial charge in [0, 0.05) is 38.8 Å². The summed E-state index contributed by atoms with van der Waals surface area (Å²) >= 11 is 0. The summed E-state index contributed by atoms with van der Waals surface area (Å²) in [5.74, 6) is -0.00981. The zero-order valence-electron chi connectivity index (χ0n) is 14.5. The molecule has 1 aromatic carbocycles. The second-order valence-corrected chi connectivity index (χ2v) is 6.94. The number of aliphatic hydroxyl groups excluding tert-OH is 1. The minimum absolute atomic E-state index is 0.00981. The highest BCUT2D eigenvalue weighted by molar-refractivity contribution is 5.94. The van der Waals surface area contributed by atoms with Crippen LogP contribution >= 0.6 is 0 Å². The van der Waals surface area contributed by atoms with Crippen LogP contribution in [0.25, 0.3) is 0 Å². The molecular formula is C19H28N2O3. The number of carbonyl (C=O) groups excluding carboxylic acids is 1. The van der Waals surface area contributed by atoms with Crippen molar-refractivity contribution in [2.24, 2.45) is 0 Å². The molecule has 1 fully saturated rings. The van der Waals surface area contributed by atoms with Gasteiger partial charge in [-0.05, 0) is 48.9 Å². The van der Waals surface area contributed by atoms with E-state index in [1.165, 1.54) is 24.0 Å². The molecule has 0 radical (unpaired) electrons. The average Bonchev–Trinajstić information content (AvgIpc) is 2.61. The fourth-order valence-corrected chi connectivity index (χ4v) is 3.63. The van der Waals surface area contributed by atoms with Gasteiger partial charge in [0.1, 0.15) is 0 Å². The van der Waals surface area contributed by atoms with Gasteiger partial charge in [0.25, 0.3) is 5.91 Å². The molecule has 0 spiro atoms. The molecule has 3 rings (SSSR count). The van der Waals surface area contributed by atoms with Crippen molar-refractivity contribution in [3.8, 4) is 0 Å². The standard InChI is InChI=1S/C19H28N2O3/c1-20(13-18(22)14-21-8-10-24-11-9-21)19(23)17-7-6-15-4-2-3-5-16(15)12-17/h6-7,12,18,22H,2-5,8-11,13-14H2,1H3. The number of carbonyl (C=O) groups is 1. The maximum Gasteiger partial charge on any atom is 0.253 e. The lowest BCUT2D eigenvalue weighted by atomic mass is 9.90. The molecule has 24 heavy (non-hydrogen) atoms. The number of benzene rings is 1. The first-order valence-corrected chi connectivity index (χ1v) is 8.99. The molecule has 1 N–H and O–H groups in total. The van der Waals surface area contributed by atoms with Gasteiger partial charge in [0.2, 0.25) is 0 Å². The molecule has 1 unspecified atom stereocenters. The molecular weight excluding hydrogens is 304 g/mol. The van der Waals surface area contributed by atoms with Crippen molar-refractivity contribution in [1.29, 1.82) is 0 Å². The van der Waals surface area contributed by atoms with E-state index in [0.717, 1.165) is 44.7 Å². The number of rotatable bonds is 5. The molecule has 1 aliphatic carbocycles. The highest BCUT2D eigenvalue weighted by Gasteiger charge is 2.20. The molecule has 0 saturated carbocycles. The Labute approximate surface area is 144 Å². The number of amides is 1. The molecule has 1 aliphatic heterocycles. The fraction of sp³-hybridized carbons (Fsp3) is 0.632. The summed E-state index contributed by atoms with van der Waals surface area (Å²) < 4.78 is 5.32. The van der Waals surface area contributed by atoms with E-state index in [2.05, 4.69) is 11.0 Å². The van der Waals surface area contributed by atoms with E-state index >= 15 is 0 Å². The van der Waals surface area contributed by atoms with E-state index in [-0.39, 0.29) is 5.91 Å². The van der Waals surface area contributed by atoms with E-state index in [1.54, 1.807) is 11.9 Å². The van der Waals surface area contributed by atoms with E-state index < -0.39 is 6.10 Å². The maximum atomic E-state index is 12.6. The molecule has 0 aromatic heterocycles. The van der Waals surface area contributed by atoms with Crippen molar-refractivity contribution in [1.82, 2.24) is 9.80 Å². The fourth-order valence-electron chi connectivity index (χ4n) is 3.63. The Morgan fingerprint density at radius 3 is 2.71 bits per heavy atom. The molecule has 1 atom stereocenters. The number of aryl methyl sites for hydroxylation is 2. The Morgan fingerprint density at radius 2 is 1.96 bits per heavy atom. The Morgan fingerprint density at radius 1 is 1.25 bits per heavy atom. The van der Waals surface area contributed by atoms with Gasteiger partial charge in [-0.1, -0.05) is 6.07 Å². The quantitative estimate of drug-likeness (QED) is 0.884. The average molecular weight is 332 g/mol. The molecule has 1 heterocycles. The lowest BCUT2D eigenvalue weighted by molar-refractivity contribution is 0.00879. The number of aliphatic hydroxyl groups is 1. The third-order valence-corrected chi connectivity index (χ3v) is 5.00. The van der Waals surface area contributed by atoms with Crippen LogP contribution in [0.2, 0.25) is 0 Å². The van der Waals surface area contributed by atoms with Crippen molar-refractivity contribution < 1.29 is 14.6 Å². The number of ether oxygens (including phenoxy) is 1. The molecule has 5 heteroatoms. The molecule has 132 valence electrons. The van der Waals surface area contributed by atoms with Crippen LogP contribution in [-0.4, -0.2) is 73.4 Å². The monoisotopic (exact) mass is 332 g/mol. The Balaban J connectivity index is 1.55. The van der Waals surface area contributed by atoms with Gasteiger partial charge in [0.05, 0.1) is 19.3 Å². The van der Waals surface area contributed by atoms with Crippen LogP contribution in [-0.2, 0) is 17.6 Å². The first-order chi connectivity index (χ1) is 11.6. The summed E-state index contributed by atoms with van der Waals surface area (Å²) in [5, 5.41) is 10.3. The van der Waals surface area contributed by atoms with Crippen molar-refractivity contribution in [2.75, 3.05) is 46.4 Å². The Hall–Kier alpha value is -1.43. The molecule has 0 bridgehead atoms. The van der Waals surface area contributed by atoms with E-state index in [0.29, 0.717) is 13.1 Å². The zero-order chi connectivity index (χ0) is 16.9. The van der Waals surface area contributed by atoms with Crippen molar-refractivity contribution in [3.05, 3.63) is 34.9 Å². The first-order valence-electron chi connectivity index (χ1n) is 8.99. The van der Waals surface area contributed by atoms with Gasteiger partial charge in [-0.2, -0.15) is 0 Å². The normalized spacial score (nSPS) is 19.6. The van der Waals surface area contributed by atoms with E-state index in [4.69, 9.17) is 4.74 Å². The van der Waals surface area contributed by atoms with Crippen LogP contribution < -0.4 is 0 Å². The van der Waals surface area contributed by atoms with E-state index in [9.17, 15) is 9.90 Å². The van der Waals surface area contributed by atoms with E-state index in [1.807, 2.05) is 12.1 Å². The predicted octanol–water partition coefficient (Wildman–Crippen LogP) is 1.33. The maximum absolute atomic E-state index is 12.6. The predicted molar refractivity (Wildman–Crippen MR) is 93.3 cm³/mol. The topological polar surface area (TPSA) is 53.0 Å². The minimum Gasteiger partial charge on any atom is -0.390 e. The van der Waals surface area contributed by atoms with Crippen LogP contribution in [0.1, 0.15) is 34.3 Å². The van der Waals surface area contributed by atoms with Gasteiger partial charge < -0.3 is 14.7 Å². The third-order valence-electron chi connectivity index (χ3n) is 5.00. The summed E-state index contributed by atoms with van der Waals surface area (Å²) in [6.45, 7) is 4.07. The lowest BCUT2D eigenvalue weighted by Crippen LogP contribution is -2.45. The number of β-amino-alcohol motifs (C(OH)–C–C–N with tert-alkyl or cyclic N) is 1. The summed E-state index contributed by atoms with van der Waals surface area (Å²) in [7, 11) is 1.77. The van der Waals surface area contributed by atoms with Crippen LogP contribution in [0, 0.1) is 0 Å². The van der Waals surface area contributed by atoms with Crippen LogP contribution in [0.3, 0.4) is 0 Å². The Bertz CT molecular complexity index is 570. The van der Waals surface area contributed by atoms with Gasteiger partial charge in [-0.15, -0.1) is 0 Å². The van der Waals surface area contributed by atoms with Crippen LogP contribution in [0.4, 0.5) is 0 Å². The molecule has 1 aromatic rings. The minimum atomic E-state index is -0.533. The number of nitrogens with zero attached hydrogens (tertiary/aromatic N) is 2. The first kappa shape index (κ1) is 17.4. The van der Waals surface area contributed by atoms with Crippen LogP contribution in [0.5, 0.6) is 0 Å². The van der Waals surface area contributed by atoms with Gasteiger partial charge >= 0.3 is 0 Å². The van der Waals surface area contributed by atoms with Gasteiger partial charge in [0.15, 0.2) is 0 Å². The number of fused-ring (bicyclic) bond motifs is 1. The highest BCUT2D eigenvalue weighted by atomic mass is 16.5. The Kier molecular flexibility index (Phi) is 5.87. The van der Waals surface area contributed by atoms with Gasteiger partial charge in [-0.3, -0.25) is 9.69 Å². The van der Waals surface area contributed by atoms with Crippen molar-refractivity contribution in [2.45, 2.75) is 31.8 Å². The number of hydrogen-bond acceptors (Lipinski definition) is 4. The smallest absolute Gasteiger partial charge is 0.253 e. The van der Waals surface area contributed by atoms with Crippen molar-refractivity contribution in [3.63, 3.8) is 0 Å². The zero-order valence-corrected chi connectivity index (χ0v) is 14.5. The molecule has 2 aliphatic rings. The third kappa shape index (κ3) is 4.35. The summed E-state index contributed by atoms with van der Waals surface area (Å²) in [5.41, 5.74) is 3.43. The number of likely N-dealkylation sites (N-methyl/N-ethyl adjacent to an activating group) is 1. The second-order valence-electron chi connectivity index (χ2n) is 6.94. The molecule has 1 amide bonds. The second kappa shape index (κ2) is 8.10. The molecule has 1 saturated heterocycles. The van der Waals surface area contributed by atoms with Crippen LogP contribution in [0.15, 0.2) is 18.2 Å². The summed E-state index contributed by atoms with van der Waals surface area (Å²) in [6.07, 6.45) is 4.11. The van der Waals surface area contributed by atoms with Gasteiger partial charge in [-0.25, -0.2) is 0 Å².